The van der Waals surface area contributed by atoms with E-state index in [2.05, 4.69) is 4.98 Å². The largest absolute Gasteiger partial charge is 0.634 e. The topological polar surface area (TPSA) is 90.1 Å². The Kier molecular flexibility index (Phi) is 5.64. The molecular weight excluding hydrogens is 326 g/mol. The molecule has 3 atom stereocenters. The highest BCUT2D eigenvalue weighted by atomic mass is 16.7. The number of quaternary nitrogens is 1. The maximum atomic E-state index is 12.3. The van der Waals surface area contributed by atoms with Gasteiger partial charge in [0, 0.05) is 12.4 Å². The summed E-state index contributed by atoms with van der Waals surface area (Å²) in [6.45, 7) is 0.780. The Balaban J connectivity index is 1.70. The van der Waals surface area contributed by atoms with Crippen molar-refractivity contribution in [3.63, 3.8) is 0 Å². The van der Waals surface area contributed by atoms with Crippen molar-refractivity contribution in [2.45, 2.75) is 18.8 Å². The minimum atomic E-state index is -0.784. The molecule has 3 rings (SSSR count). The number of methoxy groups -OCH3 is 1. The van der Waals surface area contributed by atoms with Crippen LogP contribution in [0.25, 0.3) is 0 Å². The zero-order chi connectivity index (χ0) is 17.6. The number of ether oxygens (including phenoxy) is 3. The van der Waals surface area contributed by atoms with Gasteiger partial charge in [-0.05, 0) is 17.7 Å². The van der Waals surface area contributed by atoms with Crippen LogP contribution in [0.1, 0.15) is 18.0 Å². The zero-order valence-electron chi connectivity index (χ0n) is 14.0. The number of rotatable bonds is 6. The second-order valence-corrected chi connectivity index (χ2v) is 5.79. The Morgan fingerprint density at radius 2 is 2.28 bits per heavy atom. The van der Waals surface area contributed by atoms with Gasteiger partial charge in [0.1, 0.15) is 25.4 Å². The third kappa shape index (κ3) is 4.56. The molecule has 1 aromatic heterocycles. The molecule has 1 aliphatic rings. The van der Waals surface area contributed by atoms with Crippen molar-refractivity contribution in [3.05, 3.63) is 53.8 Å². The molecule has 2 aromatic rings. The van der Waals surface area contributed by atoms with Gasteiger partial charge in [-0.15, -0.1) is 0 Å². The van der Waals surface area contributed by atoms with Crippen molar-refractivity contribution in [2.75, 3.05) is 26.8 Å². The molecule has 2 heterocycles. The van der Waals surface area contributed by atoms with Crippen molar-refractivity contribution >= 4 is 5.97 Å². The van der Waals surface area contributed by atoms with Crippen molar-refractivity contribution in [1.82, 2.24) is 9.55 Å². The fraction of sp³-hybridized carbons (Fsp3) is 0.412. The van der Waals surface area contributed by atoms with E-state index in [0.717, 1.165) is 11.3 Å². The molecule has 1 aliphatic heterocycles. The molecule has 0 radical (unpaired) electrons. The van der Waals surface area contributed by atoms with Gasteiger partial charge in [-0.3, -0.25) is 4.79 Å². The normalized spacial score (nSPS) is 21.5. The summed E-state index contributed by atoms with van der Waals surface area (Å²) in [6, 6.07) is 7.22. The number of hydrogen-bond donors (Lipinski definition) is 1. The first-order valence-electron chi connectivity index (χ1n) is 8.10. The Morgan fingerprint density at radius 1 is 1.48 bits per heavy atom. The molecule has 8 nitrogen and oxygen atoms in total. The molecule has 0 aliphatic carbocycles. The molecule has 0 saturated carbocycles. The van der Waals surface area contributed by atoms with E-state index in [9.17, 15) is 10.0 Å². The van der Waals surface area contributed by atoms with Crippen molar-refractivity contribution in [1.29, 1.82) is 0 Å². The Bertz CT molecular complexity index is 674. The molecule has 3 unspecified atom stereocenters. The van der Waals surface area contributed by atoms with E-state index in [0.29, 0.717) is 13.2 Å². The molecule has 25 heavy (non-hydrogen) atoms. The standard InChI is InChI=1S/C17H21N3O5/c1-23-14-4-2-13(3-5-14)15(19-7-6-18-12-19)10-16(21)25-17-11-20(22)8-9-24-17/h2-7,12,15,17,20H,8-11H2,1H3. The van der Waals surface area contributed by atoms with E-state index >= 15 is 0 Å². The highest BCUT2D eigenvalue weighted by molar-refractivity contribution is 5.70. The Morgan fingerprint density at radius 3 is 2.92 bits per heavy atom. The van der Waals surface area contributed by atoms with Crippen LogP contribution < -0.4 is 9.80 Å². The zero-order valence-corrected chi connectivity index (χ0v) is 14.0. The third-order valence-electron chi connectivity index (χ3n) is 4.09. The SMILES string of the molecule is COc1ccc(C(CC(=O)OC2C[NH+]([O-])CCO2)n2ccnc2)cc1. The minimum absolute atomic E-state index is 0.0466. The first-order valence-corrected chi connectivity index (χ1v) is 8.10. The van der Waals surface area contributed by atoms with Crippen molar-refractivity contribution < 1.29 is 24.1 Å². The highest BCUT2D eigenvalue weighted by Crippen LogP contribution is 2.25. The monoisotopic (exact) mass is 347 g/mol. The van der Waals surface area contributed by atoms with Crippen LogP contribution in [0.2, 0.25) is 0 Å². The smallest absolute Gasteiger partial charge is 0.310 e. The van der Waals surface area contributed by atoms with Crippen LogP contribution in [0.15, 0.2) is 43.0 Å². The number of hydrogen-bond acceptors (Lipinski definition) is 6. The minimum Gasteiger partial charge on any atom is -0.634 e. The van der Waals surface area contributed by atoms with Crippen molar-refractivity contribution in [2.24, 2.45) is 0 Å². The van der Waals surface area contributed by atoms with Gasteiger partial charge in [0.2, 0.25) is 0 Å². The summed E-state index contributed by atoms with van der Waals surface area (Å²) in [5.74, 6) is 0.319. The van der Waals surface area contributed by atoms with Gasteiger partial charge in [-0.1, -0.05) is 12.1 Å². The van der Waals surface area contributed by atoms with Gasteiger partial charge in [0.25, 0.3) is 6.29 Å². The lowest BCUT2D eigenvalue weighted by Gasteiger charge is -2.31. The fourth-order valence-electron chi connectivity index (χ4n) is 2.75. The summed E-state index contributed by atoms with van der Waals surface area (Å²) in [4.78, 5) is 16.4. The second kappa shape index (κ2) is 8.11. The van der Waals surface area contributed by atoms with Gasteiger partial charge in [0.05, 0.1) is 25.9 Å². The summed E-state index contributed by atoms with van der Waals surface area (Å²) in [6.07, 6.45) is 4.43. The summed E-state index contributed by atoms with van der Waals surface area (Å²) in [7, 11) is 1.60. The van der Waals surface area contributed by atoms with E-state index in [1.165, 1.54) is 0 Å². The van der Waals surface area contributed by atoms with Crippen LogP contribution in [-0.4, -0.2) is 48.6 Å². The maximum absolute atomic E-state index is 12.3. The summed E-state index contributed by atoms with van der Waals surface area (Å²) < 4.78 is 17.7. The number of carbonyl (C=O) groups is 1. The lowest BCUT2D eigenvalue weighted by Crippen LogP contribution is -3.10. The molecule has 1 saturated heterocycles. The number of benzene rings is 1. The van der Waals surface area contributed by atoms with E-state index in [1.54, 1.807) is 25.8 Å². The molecule has 0 bridgehead atoms. The molecule has 0 spiro atoms. The van der Waals surface area contributed by atoms with E-state index in [1.807, 2.05) is 28.8 Å². The predicted molar refractivity (Wildman–Crippen MR) is 87.9 cm³/mol. The van der Waals surface area contributed by atoms with E-state index in [4.69, 9.17) is 14.2 Å². The van der Waals surface area contributed by atoms with Gasteiger partial charge < -0.3 is 29.0 Å². The fourth-order valence-corrected chi connectivity index (χ4v) is 2.75. The molecule has 8 heteroatoms. The number of esters is 1. The number of carbonyl (C=O) groups excluding carboxylic acids is 1. The van der Waals surface area contributed by atoms with Crippen LogP contribution in [-0.2, 0) is 14.3 Å². The van der Waals surface area contributed by atoms with Gasteiger partial charge >= 0.3 is 5.97 Å². The number of morpholine rings is 1. The van der Waals surface area contributed by atoms with Gasteiger partial charge in [-0.2, -0.15) is 0 Å². The predicted octanol–water partition coefficient (Wildman–Crippen LogP) is 0.153. The Hall–Kier alpha value is -2.42. The van der Waals surface area contributed by atoms with Gasteiger partial charge in [0.15, 0.2) is 0 Å². The summed E-state index contributed by atoms with van der Waals surface area (Å²) >= 11 is 0. The average molecular weight is 347 g/mol. The van der Waals surface area contributed by atoms with Crippen LogP contribution in [0, 0.1) is 5.21 Å². The number of nitrogens with zero attached hydrogens (tertiary/aromatic N) is 2. The summed E-state index contributed by atoms with van der Waals surface area (Å²) in [5.41, 5.74) is 0.927. The maximum Gasteiger partial charge on any atom is 0.310 e. The van der Waals surface area contributed by atoms with Crippen LogP contribution in [0.4, 0.5) is 0 Å². The molecular formula is C17H21N3O5. The third-order valence-corrected chi connectivity index (χ3v) is 4.09. The second-order valence-electron chi connectivity index (χ2n) is 5.79. The lowest BCUT2D eigenvalue weighted by atomic mass is 10.0. The number of aromatic nitrogens is 2. The van der Waals surface area contributed by atoms with Crippen LogP contribution in [0.5, 0.6) is 5.75 Å². The lowest BCUT2D eigenvalue weighted by molar-refractivity contribution is -0.865. The molecule has 1 N–H and O–H groups in total. The first kappa shape index (κ1) is 17.4. The van der Waals surface area contributed by atoms with Crippen LogP contribution >= 0.6 is 0 Å². The summed E-state index contributed by atoms with van der Waals surface area (Å²) in [5, 5.41) is 11.5. The first-order chi connectivity index (χ1) is 12.2. The van der Waals surface area contributed by atoms with Crippen molar-refractivity contribution in [3.8, 4) is 5.75 Å². The molecule has 0 amide bonds. The molecule has 1 aromatic carbocycles. The van der Waals surface area contributed by atoms with E-state index < -0.39 is 12.3 Å². The van der Waals surface area contributed by atoms with E-state index in [-0.39, 0.29) is 24.1 Å². The molecule has 1 fully saturated rings. The Labute approximate surface area is 145 Å². The van der Waals surface area contributed by atoms with Gasteiger partial charge in [-0.25, -0.2) is 4.98 Å². The number of imidazole rings is 1. The van der Waals surface area contributed by atoms with Crippen LogP contribution in [0.3, 0.4) is 0 Å². The molecule has 134 valence electrons. The number of nitrogens with one attached hydrogen (secondary N) is 1. The highest BCUT2D eigenvalue weighted by Gasteiger charge is 2.25. The average Bonchev–Trinajstić information content (AvgIpc) is 3.14. The quantitative estimate of drug-likeness (QED) is 0.591. The number of hydroxylamine groups is 2.